The smallest absolute Gasteiger partial charge is 0.410 e. The molecule has 0 saturated carbocycles. The average molecular weight is 378 g/mol. The molecule has 2 aromatic rings. The van der Waals surface area contributed by atoms with E-state index in [9.17, 15) is 4.79 Å². The van der Waals surface area contributed by atoms with Crippen LogP contribution in [0.4, 0.5) is 4.79 Å². The van der Waals surface area contributed by atoms with Gasteiger partial charge in [-0.1, -0.05) is 0 Å². The number of aromatic nitrogens is 1. The van der Waals surface area contributed by atoms with E-state index < -0.39 is 5.60 Å². The highest BCUT2D eigenvalue weighted by atomic mass is 32.1. The normalized spacial score (nSPS) is 24.2. The number of aromatic amines is 1. The van der Waals surface area contributed by atoms with Crippen molar-refractivity contribution in [3.8, 4) is 0 Å². The van der Waals surface area contributed by atoms with Crippen LogP contribution in [0, 0.1) is 0 Å². The van der Waals surface area contributed by atoms with E-state index in [-0.39, 0.29) is 18.5 Å². The third-order valence-electron chi connectivity index (χ3n) is 4.88. The van der Waals surface area contributed by atoms with E-state index in [0.717, 1.165) is 31.6 Å². The number of H-pyrrole nitrogens is 1. The molecule has 0 bridgehead atoms. The molecule has 0 radical (unpaired) electrons. The van der Waals surface area contributed by atoms with Crippen molar-refractivity contribution in [3.63, 3.8) is 0 Å². The number of hydrogen-bond acceptors (Lipinski definition) is 5. The van der Waals surface area contributed by atoms with E-state index in [2.05, 4.69) is 17.1 Å². The van der Waals surface area contributed by atoms with Crippen molar-refractivity contribution in [2.75, 3.05) is 20.2 Å². The topological polar surface area (TPSA) is 67.1 Å². The zero-order valence-corrected chi connectivity index (χ0v) is 16.5. The highest BCUT2D eigenvalue weighted by Crippen LogP contribution is 2.42. The number of hydrogen-bond donors (Lipinski definition) is 1. The number of ether oxygens (including phenoxy) is 3. The number of piperidine rings is 1. The molecule has 2 atom stereocenters. The number of nitrogens with one attached hydrogen (secondary N) is 1. The maximum atomic E-state index is 12.2. The monoisotopic (exact) mass is 378 g/mol. The molecule has 2 aliphatic heterocycles. The predicted molar refractivity (Wildman–Crippen MR) is 101 cm³/mol. The van der Waals surface area contributed by atoms with Crippen LogP contribution < -0.4 is 0 Å². The summed E-state index contributed by atoms with van der Waals surface area (Å²) in [6.45, 7) is 7.22. The second-order valence-corrected chi connectivity index (χ2v) is 9.17. The largest absolute Gasteiger partial charge is 0.444 e. The molecule has 6 nitrogen and oxygen atoms in total. The van der Waals surface area contributed by atoms with Gasteiger partial charge in [-0.2, -0.15) is 0 Å². The Morgan fingerprint density at radius 1 is 1.31 bits per heavy atom. The molecule has 26 heavy (non-hydrogen) atoms. The first-order valence-electron chi connectivity index (χ1n) is 9.12. The Hall–Kier alpha value is -1.57. The molecule has 0 aliphatic carbocycles. The molecule has 1 amide bonds. The number of thiophene rings is 1. The lowest BCUT2D eigenvalue weighted by Gasteiger charge is -2.33. The van der Waals surface area contributed by atoms with Crippen LogP contribution in [0.15, 0.2) is 12.1 Å². The summed E-state index contributed by atoms with van der Waals surface area (Å²) in [5.41, 5.74) is 1.81. The van der Waals surface area contributed by atoms with Crippen molar-refractivity contribution in [3.05, 3.63) is 22.7 Å². The molecule has 2 aromatic heterocycles. The Labute approximate surface area is 157 Å². The summed E-state index contributed by atoms with van der Waals surface area (Å²) < 4.78 is 17.4. The Balaban J connectivity index is 1.37. The Bertz CT molecular complexity index is 767. The van der Waals surface area contributed by atoms with Gasteiger partial charge in [0.15, 0.2) is 12.4 Å². The van der Waals surface area contributed by atoms with Crippen LogP contribution in [0.25, 0.3) is 10.2 Å². The zero-order valence-electron chi connectivity index (χ0n) is 15.7. The van der Waals surface area contributed by atoms with Gasteiger partial charge in [0.25, 0.3) is 0 Å². The number of methoxy groups -OCH3 is 1. The SMILES string of the molecule is COC1OC1c1cc2sc(C3CCN(C(=O)OC(C)(C)C)CC3)cc2[nH]1. The minimum atomic E-state index is -0.439. The van der Waals surface area contributed by atoms with Crippen molar-refractivity contribution in [2.45, 2.75) is 57.5 Å². The van der Waals surface area contributed by atoms with Crippen LogP contribution in [0.1, 0.15) is 56.2 Å². The maximum absolute atomic E-state index is 12.2. The van der Waals surface area contributed by atoms with Gasteiger partial charge in [0.05, 0.1) is 15.9 Å². The molecular formula is C19H26N2O4S. The van der Waals surface area contributed by atoms with Gasteiger partial charge in [-0.05, 0) is 51.7 Å². The zero-order chi connectivity index (χ0) is 18.5. The first-order valence-corrected chi connectivity index (χ1v) is 9.94. The quantitative estimate of drug-likeness (QED) is 0.805. The van der Waals surface area contributed by atoms with Gasteiger partial charge >= 0.3 is 6.09 Å². The Morgan fingerprint density at radius 2 is 2.04 bits per heavy atom. The summed E-state index contributed by atoms with van der Waals surface area (Å²) in [4.78, 5) is 18.9. The van der Waals surface area contributed by atoms with Gasteiger partial charge in [-0.15, -0.1) is 11.3 Å². The Kier molecular flexibility index (Phi) is 4.49. The predicted octanol–water partition coefficient (Wildman–Crippen LogP) is 4.39. The molecule has 2 unspecified atom stereocenters. The lowest BCUT2D eigenvalue weighted by molar-refractivity contribution is 0.0205. The van der Waals surface area contributed by atoms with E-state index in [1.54, 1.807) is 7.11 Å². The molecule has 4 heterocycles. The van der Waals surface area contributed by atoms with Crippen LogP contribution in [-0.4, -0.2) is 48.1 Å². The first kappa shape index (κ1) is 17.8. The molecule has 1 N–H and O–H groups in total. The van der Waals surface area contributed by atoms with Crippen LogP contribution >= 0.6 is 11.3 Å². The molecule has 4 rings (SSSR count). The number of rotatable bonds is 3. The summed E-state index contributed by atoms with van der Waals surface area (Å²) in [7, 11) is 1.66. The summed E-state index contributed by atoms with van der Waals surface area (Å²) in [6.07, 6.45) is 1.69. The molecule has 2 saturated heterocycles. The van der Waals surface area contributed by atoms with E-state index in [0.29, 0.717) is 5.92 Å². The molecule has 7 heteroatoms. The molecule has 0 spiro atoms. The molecule has 2 fully saturated rings. The van der Waals surface area contributed by atoms with Gasteiger partial charge in [0.2, 0.25) is 0 Å². The maximum Gasteiger partial charge on any atom is 0.410 e. The minimum Gasteiger partial charge on any atom is -0.444 e. The van der Waals surface area contributed by atoms with Gasteiger partial charge in [-0.25, -0.2) is 4.79 Å². The van der Waals surface area contributed by atoms with Gasteiger partial charge in [0, 0.05) is 25.1 Å². The molecular weight excluding hydrogens is 352 g/mol. The number of nitrogens with zero attached hydrogens (tertiary/aromatic N) is 1. The third-order valence-corrected chi connectivity index (χ3v) is 6.13. The lowest BCUT2D eigenvalue weighted by atomic mass is 9.95. The van der Waals surface area contributed by atoms with Crippen molar-refractivity contribution in [1.29, 1.82) is 0 Å². The van der Waals surface area contributed by atoms with Crippen molar-refractivity contribution < 1.29 is 19.0 Å². The van der Waals surface area contributed by atoms with Gasteiger partial charge in [-0.3, -0.25) is 0 Å². The van der Waals surface area contributed by atoms with Crippen molar-refractivity contribution >= 4 is 27.6 Å². The number of fused-ring (bicyclic) bond motifs is 1. The van der Waals surface area contributed by atoms with E-state index in [1.807, 2.05) is 37.0 Å². The number of carbonyl (C=O) groups excluding carboxylic acids is 1. The van der Waals surface area contributed by atoms with E-state index in [4.69, 9.17) is 14.2 Å². The van der Waals surface area contributed by atoms with Crippen LogP contribution in [0.2, 0.25) is 0 Å². The van der Waals surface area contributed by atoms with E-state index >= 15 is 0 Å². The highest BCUT2D eigenvalue weighted by molar-refractivity contribution is 7.19. The fourth-order valence-corrected chi connectivity index (χ4v) is 4.73. The van der Waals surface area contributed by atoms with Crippen molar-refractivity contribution in [1.82, 2.24) is 9.88 Å². The summed E-state index contributed by atoms with van der Waals surface area (Å²) in [6, 6.07) is 4.42. The molecule has 142 valence electrons. The fraction of sp³-hybridized carbons (Fsp3) is 0.632. The van der Waals surface area contributed by atoms with Gasteiger partial charge < -0.3 is 24.1 Å². The van der Waals surface area contributed by atoms with E-state index in [1.165, 1.54) is 15.1 Å². The van der Waals surface area contributed by atoms with Gasteiger partial charge in [0.1, 0.15) is 5.60 Å². The second kappa shape index (κ2) is 6.55. The first-order chi connectivity index (χ1) is 12.3. The highest BCUT2D eigenvalue weighted by Gasteiger charge is 2.42. The van der Waals surface area contributed by atoms with Crippen LogP contribution in [0.5, 0.6) is 0 Å². The number of amides is 1. The minimum absolute atomic E-state index is 0.0418. The van der Waals surface area contributed by atoms with Crippen LogP contribution in [0.3, 0.4) is 0 Å². The average Bonchev–Trinajstić information content (AvgIpc) is 3.10. The lowest BCUT2D eigenvalue weighted by Crippen LogP contribution is -2.41. The summed E-state index contributed by atoms with van der Waals surface area (Å²) >= 11 is 1.84. The van der Waals surface area contributed by atoms with Crippen LogP contribution in [-0.2, 0) is 14.2 Å². The fourth-order valence-electron chi connectivity index (χ4n) is 3.49. The van der Waals surface area contributed by atoms with Crippen molar-refractivity contribution in [2.24, 2.45) is 0 Å². The second-order valence-electron chi connectivity index (χ2n) is 8.05. The Morgan fingerprint density at radius 3 is 2.62 bits per heavy atom. The molecule has 0 aromatic carbocycles. The molecule has 2 aliphatic rings. The third kappa shape index (κ3) is 3.61. The number of carbonyl (C=O) groups is 1. The number of likely N-dealkylation sites (tertiary alicyclic amines) is 1. The summed E-state index contributed by atoms with van der Waals surface area (Å²) in [5, 5.41) is 0. The summed E-state index contributed by atoms with van der Waals surface area (Å²) in [5.74, 6) is 0.506. The number of epoxide rings is 1. The standard InChI is InChI=1S/C19H26N2O4S/c1-19(2,3)25-18(22)21-7-5-11(6-8-21)14-9-12-15(26-14)10-13(20-12)16-17(23-4)24-16/h9-11,16-17,20H,5-8H2,1-4H3.